The molecule has 1 aliphatic rings. The number of nitrogens with two attached hydrogens (primary N) is 1. The van der Waals surface area contributed by atoms with Gasteiger partial charge in [-0.2, -0.15) is 0 Å². The van der Waals surface area contributed by atoms with Crippen LogP contribution in [0.5, 0.6) is 0 Å². The lowest BCUT2D eigenvalue weighted by Crippen LogP contribution is -2.43. The molecule has 2 rings (SSSR count). The van der Waals surface area contributed by atoms with Crippen LogP contribution in [0.1, 0.15) is 37.7 Å². The molecule has 0 spiro atoms. The Kier molecular flexibility index (Phi) is 4.95. The number of halogens is 2. The van der Waals surface area contributed by atoms with Crippen molar-refractivity contribution in [2.45, 2.75) is 39.0 Å². The number of benzene rings is 1. The van der Waals surface area contributed by atoms with Gasteiger partial charge in [-0.25, -0.2) is 0 Å². The van der Waals surface area contributed by atoms with Crippen molar-refractivity contribution in [1.29, 1.82) is 0 Å². The van der Waals surface area contributed by atoms with Crippen molar-refractivity contribution in [3.8, 4) is 0 Å². The highest BCUT2D eigenvalue weighted by molar-refractivity contribution is 6.40. The summed E-state index contributed by atoms with van der Waals surface area (Å²) in [4.78, 5) is 12.6. The number of hydrogen-bond donors (Lipinski definition) is 2. The second kappa shape index (κ2) is 6.33. The van der Waals surface area contributed by atoms with E-state index in [4.69, 9.17) is 28.9 Å². The van der Waals surface area contributed by atoms with E-state index >= 15 is 0 Å². The summed E-state index contributed by atoms with van der Waals surface area (Å²) < 4.78 is 0. The van der Waals surface area contributed by atoms with Crippen molar-refractivity contribution >= 4 is 34.8 Å². The van der Waals surface area contributed by atoms with Gasteiger partial charge in [-0.05, 0) is 31.4 Å². The minimum absolute atomic E-state index is 0.0610. The van der Waals surface area contributed by atoms with E-state index in [1.165, 1.54) is 6.42 Å². The average Bonchev–Trinajstić information content (AvgIpc) is 2.48. The van der Waals surface area contributed by atoms with Crippen molar-refractivity contribution in [2.24, 2.45) is 11.1 Å². The van der Waals surface area contributed by atoms with Crippen LogP contribution in [0, 0.1) is 12.3 Å². The lowest BCUT2D eigenvalue weighted by atomic mass is 9.73. The third-order valence-electron chi connectivity index (χ3n) is 4.21. The number of anilines is 1. The SMILES string of the molecule is Cc1ccc(Cl)c(NC(=O)C2(CN)CCCCC2)c1Cl. The van der Waals surface area contributed by atoms with Crippen LogP contribution in [0.4, 0.5) is 5.69 Å². The van der Waals surface area contributed by atoms with Gasteiger partial charge in [0, 0.05) is 6.54 Å². The minimum Gasteiger partial charge on any atom is -0.329 e. The molecule has 1 aliphatic carbocycles. The number of nitrogens with one attached hydrogen (secondary N) is 1. The number of aryl methyl sites for hydroxylation is 1. The molecule has 0 atom stereocenters. The van der Waals surface area contributed by atoms with Gasteiger partial charge in [0.05, 0.1) is 21.1 Å². The van der Waals surface area contributed by atoms with E-state index in [1.807, 2.05) is 13.0 Å². The molecule has 1 amide bonds. The van der Waals surface area contributed by atoms with E-state index in [0.29, 0.717) is 22.3 Å². The Bertz CT molecular complexity index is 511. The van der Waals surface area contributed by atoms with E-state index < -0.39 is 5.41 Å². The zero-order valence-corrected chi connectivity index (χ0v) is 13.2. The summed E-state index contributed by atoms with van der Waals surface area (Å²) in [7, 11) is 0. The van der Waals surface area contributed by atoms with Gasteiger partial charge >= 0.3 is 0 Å². The summed E-state index contributed by atoms with van der Waals surface area (Å²) in [6, 6.07) is 3.58. The molecule has 1 aromatic carbocycles. The maximum Gasteiger partial charge on any atom is 0.231 e. The quantitative estimate of drug-likeness (QED) is 0.880. The molecule has 0 radical (unpaired) electrons. The molecule has 3 N–H and O–H groups in total. The van der Waals surface area contributed by atoms with Crippen molar-refractivity contribution in [3.63, 3.8) is 0 Å². The van der Waals surface area contributed by atoms with Crippen molar-refractivity contribution < 1.29 is 4.79 Å². The molecule has 5 heteroatoms. The van der Waals surface area contributed by atoms with E-state index in [1.54, 1.807) is 6.07 Å². The Hall–Kier alpha value is -0.770. The van der Waals surface area contributed by atoms with Crippen LogP contribution >= 0.6 is 23.2 Å². The minimum atomic E-state index is -0.478. The highest BCUT2D eigenvalue weighted by atomic mass is 35.5. The van der Waals surface area contributed by atoms with Gasteiger partial charge in [0.15, 0.2) is 0 Å². The molecule has 0 heterocycles. The van der Waals surface area contributed by atoms with Gasteiger partial charge in [-0.3, -0.25) is 4.79 Å². The first-order valence-electron chi connectivity index (χ1n) is 6.96. The first-order chi connectivity index (χ1) is 9.50. The fourth-order valence-corrected chi connectivity index (χ4v) is 3.23. The molecule has 1 saturated carbocycles. The third kappa shape index (κ3) is 2.95. The molecule has 1 fully saturated rings. The van der Waals surface area contributed by atoms with E-state index in [9.17, 15) is 4.79 Å². The Balaban J connectivity index is 2.25. The van der Waals surface area contributed by atoms with Crippen LogP contribution < -0.4 is 11.1 Å². The molecule has 0 aliphatic heterocycles. The first kappa shape index (κ1) is 15.6. The lowest BCUT2D eigenvalue weighted by molar-refractivity contribution is -0.126. The number of carbonyl (C=O) groups excluding carboxylic acids is 1. The second-order valence-electron chi connectivity index (χ2n) is 5.55. The van der Waals surface area contributed by atoms with Crippen LogP contribution in [0.2, 0.25) is 10.0 Å². The van der Waals surface area contributed by atoms with Gasteiger partial charge in [0.2, 0.25) is 5.91 Å². The summed E-state index contributed by atoms with van der Waals surface area (Å²) >= 11 is 12.4. The number of amides is 1. The molecular formula is C15H20Cl2N2O. The molecule has 110 valence electrons. The van der Waals surface area contributed by atoms with Crippen LogP contribution in [-0.4, -0.2) is 12.5 Å². The van der Waals surface area contributed by atoms with E-state index in [-0.39, 0.29) is 5.91 Å². The fourth-order valence-electron chi connectivity index (χ4n) is 2.77. The monoisotopic (exact) mass is 314 g/mol. The van der Waals surface area contributed by atoms with Crippen molar-refractivity contribution in [3.05, 3.63) is 27.7 Å². The van der Waals surface area contributed by atoms with Gasteiger partial charge in [-0.1, -0.05) is 48.5 Å². The maximum absolute atomic E-state index is 12.6. The number of hydrogen-bond acceptors (Lipinski definition) is 2. The molecule has 20 heavy (non-hydrogen) atoms. The molecule has 0 saturated heterocycles. The second-order valence-corrected chi connectivity index (χ2v) is 6.34. The number of rotatable bonds is 3. The average molecular weight is 315 g/mol. The highest BCUT2D eigenvalue weighted by Crippen LogP contribution is 2.39. The lowest BCUT2D eigenvalue weighted by Gasteiger charge is -2.34. The molecule has 0 aromatic heterocycles. The van der Waals surface area contributed by atoms with Crippen LogP contribution in [0.3, 0.4) is 0 Å². The van der Waals surface area contributed by atoms with Crippen LogP contribution in [0.25, 0.3) is 0 Å². The van der Waals surface area contributed by atoms with Crippen molar-refractivity contribution in [2.75, 3.05) is 11.9 Å². The predicted octanol–water partition coefficient (Wildman–Crippen LogP) is 4.15. The van der Waals surface area contributed by atoms with Gasteiger partial charge in [-0.15, -0.1) is 0 Å². The summed E-state index contributed by atoms with van der Waals surface area (Å²) in [5, 5.41) is 3.85. The Morgan fingerprint density at radius 2 is 1.95 bits per heavy atom. The maximum atomic E-state index is 12.6. The Labute approximate surface area is 129 Å². The smallest absolute Gasteiger partial charge is 0.231 e. The summed E-state index contributed by atoms with van der Waals surface area (Å²) in [5.41, 5.74) is 6.78. The topological polar surface area (TPSA) is 55.1 Å². The Morgan fingerprint density at radius 1 is 1.30 bits per heavy atom. The summed E-state index contributed by atoms with van der Waals surface area (Å²) in [5.74, 6) is -0.0610. The molecule has 3 nitrogen and oxygen atoms in total. The predicted molar refractivity (Wildman–Crippen MR) is 84.4 cm³/mol. The first-order valence-corrected chi connectivity index (χ1v) is 7.72. The van der Waals surface area contributed by atoms with Crippen LogP contribution in [-0.2, 0) is 4.79 Å². The molecule has 0 unspecified atom stereocenters. The zero-order chi connectivity index (χ0) is 14.8. The molecule has 1 aromatic rings. The standard InChI is InChI=1S/C15H20Cl2N2O/c1-10-5-6-11(16)13(12(10)17)19-14(20)15(9-18)7-3-2-4-8-15/h5-6H,2-4,7-9,18H2,1H3,(H,19,20). The van der Waals surface area contributed by atoms with Gasteiger partial charge in [0.25, 0.3) is 0 Å². The third-order valence-corrected chi connectivity index (χ3v) is 5.01. The summed E-state index contributed by atoms with van der Waals surface area (Å²) in [6.07, 6.45) is 4.91. The Morgan fingerprint density at radius 3 is 2.55 bits per heavy atom. The summed E-state index contributed by atoms with van der Waals surface area (Å²) in [6.45, 7) is 2.24. The van der Waals surface area contributed by atoms with Gasteiger partial charge in [0.1, 0.15) is 0 Å². The zero-order valence-electron chi connectivity index (χ0n) is 11.6. The van der Waals surface area contributed by atoms with E-state index in [2.05, 4.69) is 5.32 Å². The normalized spacial score (nSPS) is 17.8. The van der Waals surface area contributed by atoms with Crippen molar-refractivity contribution in [1.82, 2.24) is 0 Å². The van der Waals surface area contributed by atoms with Gasteiger partial charge < -0.3 is 11.1 Å². The van der Waals surface area contributed by atoms with E-state index in [0.717, 1.165) is 31.2 Å². The molecule has 0 bridgehead atoms. The molecular weight excluding hydrogens is 295 g/mol. The number of carbonyl (C=O) groups is 1. The van der Waals surface area contributed by atoms with Crippen LogP contribution in [0.15, 0.2) is 12.1 Å². The largest absolute Gasteiger partial charge is 0.329 e. The highest BCUT2D eigenvalue weighted by Gasteiger charge is 2.38. The fraction of sp³-hybridized carbons (Fsp3) is 0.533.